The van der Waals surface area contributed by atoms with E-state index in [0.29, 0.717) is 16.6 Å². The summed E-state index contributed by atoms with van der Waals surface area (Å²) in [6.07, 6.45) is 2.93. The Labute approximate surface area is 146 Å². The molecule has 128 valence electrons. The van der Waals surface area contributed by atoms with Crippen LogP contribution in [0.2, 0.25) is 0 Å². The molecule has 0 aliphatic carbocycles. The van der Waals surface area contributed by atoms with E-state index in [4.69, 9.17) is 4.42 Å². The molecule has 0 saturated heterocycles. The van der Waals surface area contributed by atoms with E-state index >= 15 is 0 Å². The van der Waals surface area contributed by atoms with Crippen molar-refractivity contribution in [3.05, 3.63) is 78.1 Å². The van der Waals surface area contributed by atoms with Gasteiger partial charge in [0.05, 0.1) is 11.3 Å². The third-order valence-corrected chi connectivity index (χ3v) is 3.74. The van der Waals surface area contributed by atoms with E-state index in [9.17, 15) is 13.6 Å². The molecule has 0 saturated carbocycles. The van der Waals surface area contributed by atoms with Gasteiger partial charge in [0.15, 0.2) is 5.58 Å². The third-order valence-electron chi connectivity index (χ3n) is 3.74. The molecule has 4 aromatic rings. The molecule has 0 radical (unpaired) electrons. The number of benzene rings is 2. The van der Waals surface area contributed by atoms with Crippen LogP contribution in [0.5, 0.6) is 0 Å². The van der Waals surface area contributed by atoms with E-state index in [0.717, 1.165) is 0 Å². The van der Waals surface area contributed by atoms with Gasteiger partial charge in [0.1, 0.15) is 17.2 Å². The van der Waals surface area contributed by atoms with Crippen molar-refractivity contribution in [2.75, 3.05) is 5.32 Å². The number of hydrogen-bond donors (Lipinski definition) is 1. The number of hydrogen-bond acceptors (Lipinski definition) is 4. The molecule has 1 amide bonds. The predicted octanol–water partition coefficient (Wildman–Crippen LogP) is 4.42. The van der Waals surface area contributed by atoms with Gasteiger partial charge >= 0.3 is 0 Å². The summed E-state index contributed by atoms with van der Waals surface area (Å²) in [6, 6.07) is 11.3. The molecule has 0 atom stereocenters. The van der Waals surface area contributed by atoms with E-state index in [1.54, 1.807) is 24.4 Å². The Morgan fingerprint density at radius 3 is 2.73 bits per heavy atom. The Bertz CT molecular complexity index is 1110. The van der Waals surface area contributed by atoms with Crippen LogP contribution in [0, 0.1) is 11.6 Å². The van der Waals surface area contributed by atoms with Gasteiger partial charge in [-0.25, -0.2) is 13.8 Å². The molecular formula is C19H11F2N3O2. The summed E-state index contributed by atoms with van der Waals surface area (Å²) in [5, 5.41) is 2.48. The van der Waals surface area contributed by atoms with E-state index in [1.807, 2.05) is 0 Å². The SMILES string of the molecule is O=C(Nc1ccc(-c2nc3ccc(F)cc3o2)cc1F)c1cccnc1. The molecule has 2 heterocycles. The summed E-state index contributed by atoms with van der Waals surface area (Å²) in [4.78, 5) is 20.1. The van der Waals surface area contributed by atoms with Crippen LogP contribution in [0.3, 0.4) is 0 Å². The average Bonchev–Trinajstić information content (AvgIpc) is 3.07. The number of anilines is 1. The number of amides is 1. The van der Waals surface area contributed by atoms with Crippen LogP contribution in [0.15, 0.2) is 65.3 Å². The van der Waals surface area contributed by atoms with Gasteiger partial charge < -0.3 is 9.73 Å². The second-order valence-electron chi connectivity index (χ2n) is 5.52. The van der Waals surface area contributed by atoms with Crippen LogP contribution in [0.25, 0.3) is 22.6 Å². The molecule has 0 bridgehead atoms. The molecule has 0 aliphatic heterocycles. The molecule has 2 aromatic heterocycles. The van der Waals surface area contributed by atoms with Gasteiger partial charge in [-0.2, -0.15) is 0 Å². The zero-order valence-corrected chi connectivity index (χ0v) is 13.2. The van der Waals surface area contributed by atoms with Gasteiger partial charge in [0, 0.05) is 24.0 Å². The van der Waals surface area contributed by atoms with E-state index in [1.165, 1.54) is 36.5 Å². The highest BCUT2D eigenvalue weighted by atomic mass is 19.1. The standard InChI is InChI=1S/C19H11F2N3O2/c20-13-4-6-16-17(9-13)26-19(24-16)11-3-5-15(14(21)8-11)23-18(25)12-2-1-7-22-10-12/h1-10H,(H,23,25). The fourth-order valence-corrected chi connectivity index (χ4v) is 2.46. The van der Waals surface area contributed by atoms with Crippen LogP contribution in [0.1, 0.15) is 10.4 Å². The average molecular weight is 351 g/mol. The lowest BCUT2D eigenvalue weighted by atomic mass is 10.2. The molecular weight excluding hydrogens is 340 g/mol. The molecule has 2 aromatic carbocycles. The lowest BCUT2D eigenvalue weighted by Gasteiger charge is -2.07. The van der Waals surface area contributed by atoms with Crippen LogP contribution in [0.4, 0.5) is 14.5 Å². The minimum Gasteiger partial charge on any atom is -0.436 e. The van der Waals surface area contributed by atoms with E-state index < -0.39 is 17.5 Å². The van der Waals surface area contributed by atoms with Gasteiger partial charge in [-0.15, -0.1) is 0 Å². The Morgan fingerprint density at radius 1 is 1.08 bits per heavy atom. The molecule has 4 rings (SSSR count). The maximum atomic E-state index is 14.4. The summed E-state index contributed by atoms with van der Waals surface area (Å²) in [7, 11) is 0. The summed E-state index contributed by atoms with van der Waals surface area (Å²) in [5.41, 5.74) is 1.45. The Kier molecular flexibility index (Phi) is 3.89. The number of oxazole rings is 1. The normalized spacial score (nSPS) is 10.8. The maximum Gasteiger partial charge on any atom is 0.257 e. The van der Waals surface area contributed by atoms with Crippen molar-refractivity contribution >= 4 is 22.7 Å². The van der Waals surface area contributed by atoms with Crippen molar-refractivity contribution < 1.29 is 18.0 Å². The summed E-state index contributed by atoms with van der Waals surface area (Å²) in [5.74, 6) is -1.40. The first-order valence-electron chi connectivity index (χ1n) is 7.67. The lowest BCUT2D eigenvalue weighted by Crippen LogP contribution is -2.13. The highest BCUT2D eigenvalue weighted by Crippen LogP contribution is 2.27. The highest BCUT2D eigenvalue weighted by molar-refractivity contribution is 6.04. The number of nitrogens with one attached hydrogen (secondary N) is 1. The number of halogens is 2. The Hall–Kier alpha value is -3.61. The van der Waals surface area contributed by atoms with Crippen LogP contribution < -0.4 is 5.32 Å². The zero-order valence-electron chi connectivity index (χ0n) is 13.2. The second kappa shape index (κ2) is 6.36. The van der Waals surface area contributed by atoms with Crippen molar-refractivity contribution in [1.82, 2.24) is 9.97 Å². The Balaban J connectivity index is 1.62. The highest BCUT2D eigenvalue weighted by Gasteiger charge is 2.14. The van der Waals surface area contributed by atoms with Gasteiger partial charge in [0.25, 0.3) is 5.91 Å². The first-order chi connectivity index (χ1) is 12.6. The van der Waals surface area contributed by atoms with Crippen molar-refractivity contribution in [3.63, 3.8) is 0 Å². The molecule has 5 nitrogen and oxygen atoms in total. The topological polar surface area (TPSA) is 68.0 Å². The first kappa shape index (κ1) is 15.9. The monoisotopic (exact) mass is 351 g/mol. The lowest BCUT2D eigenvalue weighted by molar-refractivity contribution is 0.102. The van der Waals surface area contributed by atoms with Crippen molar-refractivity contribution in [2.45, 2.75) is 0 Å². The number of fused-ring (bicyclic) bond motifs is 1. The van der Waals surface area contributed by atoms with Gasteiger partial charge in [-0.05, 0) is 42.5 Å². The van der Waals surface area contributed by atoms with Gasteiger partial charge in [-0.1, -0.05) is 0 Å². The molecule has 0 fully saturated rings. The molecule has 0 aliphatic rings. The van der Waals surface area contributed by atoms with Crippen LogP contribution in [-0.2, 0) is 0 Å². The number of nitrogens with zero attached hydrogens (tertiary/aromatic N) is 2. The van der Waals surface area contributed by atoms with Crippen molar-refractivity contribution in [3.8, 4) is 11.5 Å². The molecule has 7 heteroatoms. The number of carbonyl (C=O) groups is 1. The first-order valence-corrected chi connectivity index (χ1v) is 7.67. The Morgan fingerprint density at radius 2 is 1.96 bits per heavy atom. The second-order valence-corrected chi connectivity index (χ2v) is 5.52. The summed E-state index contributed by atoms with van der Waals surface area (Å²) >= 11 is 0. The van der Waals surface area contributed by atoms with Crippen molar-refractivity contribution in [1.29, 1.82) is 0 Å². The summed E-state index contributed by atoms with van der Waals surface area (Å²) in [6.45, 7) is 0. The molecule has 26 heavy (non-hydrogen) atoms. The van der Waals surface area contributed by atoms with Gasteiger partial charge in [-0.3, -0.25) is 9.78 Å². The largest absolute Gasteiger partial charge is 0.436 e. The van der Waals surface area contributed by atoms with Crippen molar-refractivity contribution in [2.24, 2.45) is 0 Å². The number of rotatable bonds is 3. The summed E-state index contributed by atoms with van der Waals surface area (Å²) < 4.78 is 33.1. The van der Waals surface area contributed by atoms with Crippen LogP contribution in [-0.4, -0.2) is 15.9 Å². The third kappa shape index (κ3) is 3.02. The smallest absolute Gasteiger partial charge is 0.257 e. The molecule has 0 spiro atoms. The minimum absolute atomic E-state index is 0.0183. The molecule has 0 unspecified atom stereocenters. The zero-order chi connectivity index (χ0) is 18.1. The van der Waals surface area contributed by atoms with Gasteiger partial charge in [0.2, 0.25) is 5.89 Å². The minimum atomic E-state index is -0.645. The van der Waals surface area contributed by atoms with E-state index in [2.05, 4.69) is 15.3 Å². The number of pyridine rings is 1. The quantitative estimate of drug-likeness (QED) is 0.593. The predicted molar refractivity (Wildman–Crippen MR) is 91.6 cm³/mol. The fourth-order valence-electron chi connectivity index (χ4n) is 2.46. The molecule has 1 N–H and O–H groups in total. The maximum absolute atomic E-state index is 14.4. The number of carbonyl (C=O) groups excluding carboxylic acids is 1. The fraction of sp³-hybridized carbons (Fsp3) is 0. The number of aromatic nitrogens is 2. The van der Waals surface area contributed by atoms with Crippen LogP contribution >= 0.6 is 0 Å². The van der Waals surface area contributed by atoms with E-state index in [-0.39, 0.29) is 17.2 Å².